The summed E-state index contributed by atoms with van der Waals surface area (Å²) in [5, 5.41) is 8.10. The van der Waals surface area contributed by atoms with E-state index in [0.717, 1.165) is 41.8 Å². The minimum absolute atomic E-state index is 0.0133. The molecule has 32 heavy (non-hydrogen) atoms. The molecule has 1 aliphatic rings. The molecule has 0 unspecified atom stereocenters. The van der Waals surface area contributed by atoms with Crippen LogP contribution in [0, 0.1) is 4.77 Å². The van der Waals surface area contributed by atoms with E-state index in [1.54, 1.807) is 15.9 Å². The van der Waals surface area contributed by atoms with Crippen LogP contribution in [0.5, 0.6) is 0 Å². The number of fused-ring (bicyclic) bond motifs is 5. The number of H-pyrrole nitrogens is 1. The zero-order valence-corrected chi connectivity index (χ0v) is 19.0. The van der Waals surface area contributed by atoms with E-state index < -0.39 is 0 Å². The molecule has 0 bridgehead atoms. The van der Waals surface area contributed by atoms with Crippen molar-refractivity contribution in [3.63, 3.8) is 0 Å². The first-order chi connectivity index (χ1) is 15.7. The van der Waals surface area contributed by atoms with Crippen LogP contribution in [0.2, 0.25) is 0 Å². The predicted molar refractivity (Wildman–Crippen MR) is 130 cm³/mol. The molecule has 0 radical (unpaired) electrons. The number of nitrogens with zero attached hydrogens (tertiary/aromatic N) is 4. The molecular weight excluding hydrogens is 438 g/mol. The topological polar surface area (TPSA) is 58.3 Å². The molecule has 160 valence electrons. The van der Waals surface area contributed by atoms with Crippen molar-refractivity contribution in [1.29, 1.82) is 0 Å². The minimum atomic E-state index is 0.0133. The standard InChI is InChI=1S/C24H21N5OS2/c30-21-20-18-11-12-27(13-16-7-3-1-4-8-16)15-19(18)32-22(20)29-23(25-26-24(29)31)28(21)14-17-9-5-2-6-10-17/h1-10H,11-15H2,(H,26,31). The van der Waals surface area contributed by atoms with Crippen LogP contribution in [-0.2, 0) is 26.1 Å². The summed E-state index contributed by atoms with van der Waals surface area (Å²) >= 11 is 7.23. The summed E-state index contributed by atoms with van der Waals surface area (Å²) in [6.07, 6.45) is 0.861. The largest absolute Gasteiger partial charge is 0.294 e. The molecule has 2 aromatic carbocycles. The van der Waals surface area contributed by atoms with Crippen LogP contribution in [0.25, 0.3) is 16.0 Å². The molecule has 0 spiro atoms. The van der Waals surface area contributed by atoms with Crippen molar-refractivity contribution in [2.24, 2.45) is 0 Å². The second-order valence-electron chi connectivity index (χ2n) is 8.17. The van der Waals surface area contributed by atoms with Gasteiger partial charge in [-0.3, -0.25) is 14.3 Å². The second kappa shape index (κ2) is 7.81. The van der Waals surface area contributed by atoms with Crippen molar-refractivity contribution in [2.75, 3.05) is 6.54 Å². The van der Waals surface area contributed by atoms with Gasteiger partial charge in [0.25, 0.3) is 5.56 Å². The van der Waals surface area contributed by atoms with E-state index in [0.29, 0.717) is 17.1 Å². The molecule has 4 heterocycles. The highest BCUT2D eigenvalue weighted by Gasteiger charge is 2.26. The van der Waals surface area contributed by atoms with Gasteiger partial charge in [-0.15, -0.1) is 16.4 Å². The van der Waals surface area contributed by atoms with Crippen LogP contribution < -0.4 is 5.56 Å². The molecule has 0 saturated carbocycles. The number of hydrogen-bond donors (Lipinski definition) is 1. The molecule has 6 nitrogen and oxygen atoms in total. The van der Waals surface area contributed by atoms with Crippen molar-refractivity contribution in [3.05, 3.63) is 97.4 Å². The summed E-state index contributed by atoms with van der Waals surface area (Å²) in [7, 11) is 0. The Labute approximate surface area is 193 Å². The summed E-state index contributed by atoms with van der Waals surface area (Å²) in [5.74, 6) is 0.566. The van der Waals surface area contributed by atoms with Crippen molar-refractivity contribution in [3.8, 4) is 0 Å². The fourth-order valence-corrected chi connectivity index (χ4v) is 6.24. The van der Waals surface area contributed by atoms with Gasteiger partial charge in [0, 0.05) is 24.5 Å². The van der Waals surface area contributed by atoms with Crippen molar-refractivity contribution < 1.29 is 0 Å². The quantitative estimate of drug-likeness (QED) is 0.406. The lowest BCUT2D eigenvalue weighted by Gasteiger charge is -2.26. The maximum Gasteiger partial charge on any atom is 0.264 e. The van der Waals surface area contributed by atoms with Crippen molar-refractivity contribution in [2.45, 2.75) is 26.1 Å². The van der Waals surface area contributed by atoms with Gasteiger partial charge in [-0.05, 0) is 35.3 Å². The smallest absolute Gasteiger partial charge is 0.264 e. The normalized spacial score (nSPS) is 14.2. The molecule has 0 saturated heterocycles. The highest BCUT2D eigenvalue weighted by Crippen LogP contribution is 2.34. The highest BCUT2D eigenvalue weighted by molar-refractivity contribution is 7.71. The zero-order valence-electron chi connectivity index (χ0n) is 17.3. The average molecular weight is 460 g/mol. The van der Waals surface area contributed by atoms with Crippen LogP contribution >= 0.6 is 23.6 Å². The number of benzene rings is 2. The van der Waals surface area contributed by atoms with Crippen LogP contribution in [0.4, 0.5) is 0 Å². The molecule has 0 aliphatic carbocycles. The molecule has 8 heteroatoms. The number of nitrogens with one attached hydrogen (secondary N) is 1. The fraction of sp³-hybridized carbons (Fsp3) is 0.208. The molecular formula is C24H21N5OS2. The van der Waals surface area contributed by atoms with Crippen molar-refractivity contribution in [1.82, 2.24) is 24.1 Å². The van der Waals surface area contributed by atoms with E-state index in [1.165, 1.54) is 16.0 Å². The molecule has 1 aliphatic heterocycles. The third-order valence-electron chi connectivity index (χ3n) is 6.11. The third kappa shape index (κ3) is 3.23. The van der Waals surface area contributed by atoms with Crippen molar-refractivity contribution >= 4 is 39.5 Å². The minimum Gasteiger partial charge on any atom is -0.294 e. The highest BCUT2D eigenvalue weighted by atomic mass is 32.1. The number of rotatable bonds is 4. The predicted octanol–water partition coefficient (Wildman–Crippen LogP) is 4.37. The lowest BCUT2D eigenvalue weighted by atomic mass is 10.0. The van der Waals surface area contributed by atoms with Crippen LogP contribution in [0.3, 0.4) is 0 Å². The number of aromatic amines is 1. The Morgan fingerprint density at radius 1 is 1.00 bits per heavy atom. The van der Waals surface area contributed by atoms with E-state index in [1.807, 2.05) is 40.8 Å². The van der Waals surface area contributed by atoms with Crippen LogP contribution in [0.1, 0.15) is 21.6 Å². The Kier molecular flexibility index (Phi) is 4.78. The third-order valence-corrected chi connectivity index (χ3v) is 7.58. The maximum absolute atomic E-state index is 13.7. The summed E-state index contributed by atoms with van der Waals surface area (Å²) in [6.45, 7) is 3.14. The first-order valence-corrected chi connectivity index (χ1v) is 11.9. The Morgan fingerprint density at radius 3 is 2.41 bits per heavy atom. The second-order valence-corrected chi connectivity index (χ2v) is 9.64. The molecule has 0 atom stereocenters. The SMILES string of the molecule is O=c1c2c3c(sc2n2c(=S)[nH]nc2n1Cc1ccccc1)CN(Cc1ccccc1)CC3. The van der Waals surface area contributed by atoms with Gasteiger partial charge < -0.3 is 0 Å². The van der Waals surface area contributed by atoms with Gasteiger partial charge in [0.2, 0.25) is 10.5 Å². The Morgan fingerprint density at radius 2 is 1.69 bits per heavy atom. The average Bonchev–Trinajstić information content (AvgIpc) is 3.38. The van der Waals surface area contributed by atoms with Gasteiger partial charge in [-0.25, -0.2) is 9.50 Å². The van der Waals surface area contributed by atoms with Gasteiger partial charge in [-0.1, -0.05) is 60.7 Å². The van der Waals surface area contributed by atoms with Gasteiger partial charge in [-0.2, -0.15) is 0 Å². The van der Waals surface area contributed by atoms with Gasteiger partial charge >= 0.3 is 0 Å². The molecule has 0 fully saturated rings. The van der Waals surface area contributed by atoms with E-state index >= 15 is 0 Å². The van der Waals surface area contributed by atoms with Gasteiger partial charge in [0.15, 0.2) is 0 Å². The van der Waals surface area contributed by atoms with Gasteiger partial charge in [0.1, 0.15) is 4.83 Å². The summed E-state index contributed by atoms with van der Waals surface area (Å²) in [5.41, 5.74) is 3.55. The number of aromatic nitrogens is 4. The molecule has 1 N–H and O–H groups in total. The molecule has 0 amide bonds. The molecule has 3 aromatic heterocycles. The number of thiophene rings is 1. The summed E-state index contributed by atoms with van der Waals surface area (Å²) in [6, 6.07) is 20.5. The van der Waals surface area contributed by atoms with E-state index in [-0.39, 0.29) is 5.56 Å². The Bertz CT molecular complexity index is 1550. The summed E-state index contributed by atoms with van der Waals surface area (Å²) in [4.78, 5) is 18.3. The fourth-order valence-electron chi connectivity index (χ4n) is 4.58. The molecule has 5 aromatic rings. The van der Waals surface area contributed by atoms with E-state index in [9.17, 15) is 4.79 Å². The number of hydrogen-bond acceptors (Lipinski definition) is 5. The lowest BCUT2D eigenvalue weighted by Crippen LogP contribution is -2.30. The molecule has 6 rings (SSSR count). The zero-order chi connectivity index (χ0) is 21.7. The van der Waals surface area contributed by atoms with E-state index in [4.69, 9.17) is 12.2 Å². The Hall–Kier alpha value is -3.07. The van der Waals surface area contributed by atoms with Crippen LogP contribution in [0.15, 0.2) is 65.5 Å². The summed E-state index contributed by atoms with van der Waals surface area (Å²) < 4.78 is 4.19. The lowest BCUT2D eigenvalue weighted by molar-refractivity contribution is 0.249. The van der Waals surface area contributed by atoms with Gasteiger partial charge in [0.05, 0.1) is 11.9 Å². The first-order valence-electron chi connectivity index (χ1n) is 10.6. The Balaban J connectivity index is 1.48. The van der Waals surface area contributed by atoms with E-state index in [2.05, 4.69) is 39.4 Å². The monoisotopic (exact) mass is 459 g/mol. The maximum atomic E-state index is 13.7. The first kappa shape index (κ1) is 19.6. The van der Waals surface area contributed by atoms with Crippen LogP contribution in [-0.4, -0.2) is 30.6 Å².